The van der Waals surface area contributed by atoms with Crippen molar-refractivity contribution in [3.8, 4) is 11.5 Å². The third-order valence-electron chi connectivity index (χ3n) is 13.2. The first-order valence-electron chi connectivity index (χ1n) is 19.0. The van der Waals surface area contributed by atoms with Crippen LogP contribution in [0.5, 0.6) is 11.5 Å². The van der Waals surface area contributed by atoms with Crippen LogP contribution < -0.4 is 0 Å². The van der Waals surface area contributed by atoms with E-state index in [4.69, 9.17) is 37.2 Å². The molecular formula is C44H78Cl4N2O2Ti2-2. The summed E-state index contributed by atoms with van der Waals surface area (Å²) in [6.45, 7) is 35.4. The van der Waals surface area contributed by atoms with E-state index in [1.54, 1.807) is 0 Å². The van der Waals surface area contributed by atoms with Crippen molar-refractivity contribution < 1.29 is 44.3 Å². The number of halogens is 4. The van der Waals surface area contributed by atoms with Crippen molar-refractivity contribution in [3.05, 3.63) is 72.5 Å². The quantitative estimate of drug-likeness (QED) is 0.215. The molecule has 0 spiro atoms. The number of aromatic hydroxyl groups is 2. The van der Waals surface area contributed by atoms with Gasteiger partial charge in [-0.25, -0.2) is 0 Å². The van der Waals surface area contributed by atoms with Crippen molar-refractivity contribution in [1.29, 1.82) is 0 Å². The van der Waals surface area contributed by atoms with Gasteiger partial charge in [-0.05, 0) is 134 Å². The second-order valence-corrected chi connectivity index (χ2v) is 21.5. The third-order valence-corrected chi connectivity index (χ3v) is 13.2. The number of likely N-dealkylation sites (N-methyl/N-ethyl adjacent to an activating group) is 2. The van der Waals surface area contributed by atoms with Gasteiger partial charge in [-0.3, -0.25) is 0 Å². The maximum absolute atomic E-state index is 9.90. The van der Waals surface area contributed by atoms with Crippen LogP contribution in [0.3, 0.4) is 0 Å². The van der Waals surface area contributed by atoms with Crippen LogP contribution in [0, 0.1) is 102 Å². The number of benzene rings is 2. The molecule has 0 unspecified atom stereocenters. The van der Waals surface area contributed by atoms with E-state index in [-0.39, 0.29) is 14.9 Å². The molecule has 2 aromatic carbocycles. The third kappa shape index (κ3) is 19.1. The average molecular weight is 905 g/mol. The Hall–Kier alpha value is 0.549. The number of hydrogen-bond donors (Lipinski definition) is 2. The molecule has 2 N–H and O–H groups in total. The molecule has 0 saturated heterocycles. The fraction of sp³-hybridized carbons (Fsp3) is 0.682. The van der Waals surface area contributed by atoms with Gasteiger partial charge in [0.2, 0.25) is 0 Å². The summed E-state index contributed by atoms with van der Waals surface area (Å²) in [5.74, 6) is 10.1. The zero-order chi connectivity index (χ0) is 40.6. The molecule has 314 valence electrons. The van der Waals surface area contributed by atoms with Crippen LogP contribution in [-0.4, -0.2) is 47.2 Å². The van der Waals surface area contributed by atoms with Crippen LogP contribution in [0.1, 0.15) is 103 Å². The summed E-state index contributed by atoms with van der Waals surface area (Å²) in [7, 11) is 23.8. The fourth-order valence-electron chi connectivity index (χ4n) is 8.18. The molecule has 0 atom stereocenters. The number of phenolic OH excluding ortho intramolecular Hbond substituents is 2. The van der Waals surface area contributed by atoms with Crippen LogP contribution in [0.4, 0.5) is 0 Å². The summed E-state index contributed by atoms with van der Waals surface area (Å²) in [6.07, 6.45) is 0. The molecule has 4 nitrogen and oxygen atoms in total. The van der Waals surface area contributed by atoms with Gasteiger partial charge >= 0.3 is 71.3 Å². The van der Waals surface area contributed by atoms with Gasteiger partial charge < -0.3 is 34.9 Å². The number of phenols is 2. The molecule has 10 heteroatoms. The van der Waals surface area contributed by atoms with Crippen LogP contribution in [0.15, 0.2) is 24.3 Å². The summed E-state index contributed by atoms with van der Waals surface area (Å²) < 4.78 is 0. The molecule has 54 heavy (non-hydrogen) atoms. The van der Waals surface area contributed by atoms with Crippen molar-refractivity contribution >= 4 is 37.2 Å². The molecule has 2 saturated carbocycles. The first kappa shape index (κ1) is 58.9. The van der Waals surface area contributed by atoms with E-state index in [9.17, 15) is 10.2 Å². The van der Waals surface area contributed by atoms with Gasteiger partial charge in [0.05, 0.1) is 0 Å². The Bertz CT molecular complexity index is 1070. The van der Waals surface area contributed by atoms with Crippen molar-refractivity contribution in [3.63, 3.8) is 0 Å². The first-order chi connectivity index (χ1) is 24.1. The Morgan fingerprint density at radius 2 is 0.593 bits per heavy atom. The minimum absolute atomic E-state index is 0. The molecule has 2 fully saturated rings. The number of aryl methyl sites for hydroxylation is 4. The predicted octanol–water partition coefficient (Wildman–Crippen LogP) is 13.9. The van der Waals surface area contributed by atoms with E-state index in [0.717, 1.165) is 108 Å². The second kappa shape index (κ2) is 29.7. The van der Waals surface area contributed by atoms with E-state index < -0.39 is 34.1 Å². The van der Waals surface area contributed by atoms with Gasteiger partial charge in [0.1, 0.15) is 11.5 Å². The van der Waals surface area contributed by atoms with Crippen molar-refractivity contribution in [2.45, 2.75) is 110 Å². The van der Waals surface area contributed by atoms with Crippen molar-refractivity contribution in [2.24, 2.45) is 59.2 Å². The first-order valence-corrected chi connectivity index (χ1v) is 27.6. The van der Waals surface area contributed by atoms with Crippen LogP contribution in [0.25, 0.3) is 0 Å². The average Bonchev–Trinajstić information content (AvgIpc) is 3.35. The Morgan fingerprint density at radius 3 is 0.741 bits per heavy atom. The summed E-state index contributed by atoms with van der Waals surface area (Å²) in [5.41, 5.74) is 6.19. The normalized spacial score (nSPS) is 26.6. The Kier molecular flexibility index (Phi) is 32.4. The van der Waals surface area contributed by atoms with Crippen molar-refractivity contribution in [1.82, 2.24) is 9.80 Å². The summed E-state index contributed by atoms with van der Waals surface area (Å²) in [5, 5.41) is 19.8. The molecule has 2 aliphatic rings. The van der Waals surface area contributed by atoms with Crippen LogP contribution in [-0.2, 0) is 47.2 Å². The Morgan fingerprint density at radius 1 is 0.444 bits per heavy atom. The van der Waals surface area contributed by atoms with E-state index in [2.05, 4.69) is 117 Å². The number of nitrogens with zero attached hydrogens (tertiary/aromatic N) is 2. The SMILES string of the molecule is CC1C(C)C(C)C(C)C1C.CC1C(C)C(C)C(C)C1C.Cc1cc(CN(C)CCN(C)Cc2cc(C)c(O)c(C)c2)cc(C)c1O.[CH3-].[CH3-].[Cl][Ti][Cl].[Cl][Ti][Cl]. The van der Waals surface area contributed by atoms with Gasteiger partial charge in [-0.1, -0.05) is 93.5 Å². The minimum atomic E-state index is -0.556. The summed E-state index contributed by atoms with van der Waals surface area (Å²) >= 11 is -1.11. The molecule has 0 aromatic heterocycles. The van der Waals surface area contributed by atoms with Gasteiger partial charge in [0.25, 0.3) is 0 Å². The maximum atomic E-state index is 9.90. The van der Waals surface area contributed by atoms with Gasteiger partial charge in [-0.15, -0.1) is 0 Å². The van der Waals surface area contributed by atoms with Gasteiger partial charge in [0.15, 0.2) is 0 Å². The molecule has 2 aromatic rings. The van der Waals surface area contributed by atoms with Gasteiger partial charge in [-0.2, -0.15) is 0 Å². The molecular weight excluding hydrogens is 826 g/mol. The Balaban J connectivity index is -0.000000764. The Labute approximate surface area is 368 Å². The van der Waals surface area contributed by atoms with E-state index in [1.807, 2.05) is 27.7 Å². The molecule has 0 radical (unpaired) electrons. The topological polar surface area (TPSA) is 46.9 Å². The zero-order valence-electron chi connectivity index (χ0n) is 37.2. The monoisotopic (exact) mass is 902 g/mol. The second-order valence-electron chi connectivity index (χ2n) is 16.4. The van der Waals surface area contributed by atoms with Crippen LogP contribution in [0.2, 0.25) is 0 Å². The predicted molar refractivity (Wildman–Crippen MR) is 236 cm³/mol. The van der Waals surface area contributed by atoms with E-state index >= 15 is 0 Å². The molecule has 0 bridgehead atoms. The van der Waals surface area contributed by atoms with E-state index in [0.29, 0.717) is 11.5 Å². The molecule has 0 amide bonds. The van der Waals surface area contributed by atoms with Crippen molar-refractivity contribution in [2.75, 3.05) is 27.2 Å². The number of hydrogen-bond acceptors (Lipinski definition) is 4. The fourth-order valence-corrected chi connectivity index (χ4v) is 8.18. The van der Waals surface area contributed by atoms with Crippen LogP contribution >= 0.6 is 37.2 Å². The summed E-state index contributed by atoms with van der Waals surface area (Å²) in [4.78, 5) is 4.60. The molecule has 2 aliphatic carbocycles. The standard InChI is InChI=1S/C22H32N2O2.2C10H20.2CH3.4ClH.2Ti/c1-15-9-19(10-16(2)21(15)25)13-23(5)7-8-24(6)14-20-11-17(3)22(26)18(4)12-20;2*1-6-7(2)9(4)10(5)8(6)3;;;;;;;;/h9-12,25-26H,7-8,13-14H2,1-6H3;2*6-10H,1-5H3;2*1H3;4*1H;;/q;;;2*-1;;;;;2*+2/p-4. The molecule has 0 heterocycles. The molecule has 4 rings (SSSR count). The summed E-state index contributed by atoms with van der Waals surface area (Å²) in [6, 6.07) is 8.24. The van der Waals surface area contributed by atoms with Gasteiger partial charge in [0, 0.05) is 26.2 Å². The van der Waals surface area contributed by atoms with E-state index in [1.165, 1.54) is 11.1 Å². The number of rotatable bonds is 7. The zero-order valence-corrected chi connectivity index (χ0v) is 43.4. The molecule has 0 aliphatic heterocycles.